The number of fused-ring (bicyclic) bond motifs is 7. The van der Waals surface area contributed by atoms with Crippen LogP contribution in [0.5, 0.6) is 0 Å². The Balaban J connectivity index is 0.00000102. The Kier molecular flexibility index (Phi) is 7.34. The first kappa shape index (κ1) is 28.4. The largest absolute Gasteiger partial charge is 0.481 e. The molecule has 208 valence electrons. The van der Waals surface area contributed by atoms with Crippen LogP contribution in [-0.4, -0.2) is 22.2 Å². The second-order valence-electron chi connectivity index (χ2n) is 14.6. The van der Waals surface area contributed by atoms with Gasteiger partial charge in [-0.15, -0.1) is 6.58 Å². The molecule has 37 heavy (non-hydrogen) atoms. The number of carbonyl (C=O) groups is 2. The summed E-state index contributed by atoms with van der Waals surface area (Å²) in [7, 11) is 0. The van der Waals surface area contributed by atoms with Gasteiger partial charge in [0, 0.05) is 6.42 Å². The van der Waals surface area contributed by atoms with E-state index in [0.29, 0.717) is 30.1 Å². The highest BCUT2D eigenvalue weighted by Gasteiger charge is 2.70. The van der Waals surface area contributed by atoms with E-state index in [1.165, 1.54) is 31.3 Å². The summed E-state index contributed by atoms with van der Waals surface area (Å²) in [5.41, 5.74) is 1.64. The quantitative estimate of drug-likeness (QED) is 0.370. The summed E-state index contributed by atoms with van der Waals surface area (Å²) < 4.78 is 0. The van der Waals surface area contributed by atoms with E-state index in [2.05, 4.69) is 47.3 Å². The van der Waals surface area contributed by atoms with Gasteiger partial charge in [0.1, 0.15) is 0 Å². The minimum atomic E-state index is -0.700. The molecule has 0 aliphatic heterocycles. The highest BCUT2D eigenvalue weighted by molar-refractivity contribution is 5.76. The van der Waals surface area contributed by atoms with Crippen molar-refractivity contribution in [2.45, 2.75) is 119 Å². The zero-order chi connectivity index (χ0) is 27.4. The zero-order valence-corrected chi connectivity index (χ0v) is 24.4. The predicted octanol–water partition coefficient (Wildman–Crippen LogP) is 8.52. The molecule has 4 heteroatoms. The van der Waals surface area contributed by atoms with E-state index in [4.69, 9.17) is 0 Å². The van der Waals surface area contributed by atoms with Gasteiger partial charge < -0.3 is 10.2 Å². The summed E-state index contributed by atoms with van der Waals surface area (Å²) in [6.07, 6.45) is 16.0. The molecule has 5 rings (SSSR count). The van der Waals surface area contributed by atoms with E-state index in [0.717, 1.165) is 38.5 Å². The van der Waals surface area contributed by atoms with Gasteiger partial charge in [-0.1, -0.05) is 58.8 Å². The van der Waals surface area contributed by atoms with Gasteiger partial charge in [0.2, 0.25) is 0 Å². The van der Waals surface area contributed by atoms with Crippen LogP contribution in [0.2, 0.25) is 0 Å². The van der Waals surface area contributed by atoms with E-state index in [1.54, 1.807) is 6.08 Å². The van der Waals surface area contributed by atoms with Gasteiger partial charge >= 0.3 is 11.9 Å². The normalized spacial score (nSPS) is 45.5. The Bertz CT molecular complexity index is 963. The van der Waals surface area contributed by atoms with Gasteiger partial charge in [-0.3, -0.25) is 9.59 Å². The summed E-state index contributed by atoms with van der Waals surface area (Å²) in [5.74, 6) is 0.912. The average molecular weight is 513 g/mol. The van der Waals surface area contributed by atoms with Crippen molar-refractivity contribution >= 4 is 11.9 Å². The molecule has 0 amide bonds. The second-order valence-corrected chi connectivity index (χ2v) is 14.6. The molecule has 2 N–H and O–H groups in total. The van der Waals surface area contributed by atoms with Crippen LogP contribution in [0, 0.1) is 50.7 Å². The smallest absolute Gasteiger partial charge is 0.309 e. The first-order valence-electron chi connectivity index (χ1n) is 15.0. The number of hydrogen-bond donors (Lipinski definition) is 2. The van der Waals surface area contributed by atoms with Crippen LogP contribution < -0.4 is 0 Å². The molecule has 0 radical (unpaired) electrons. The minimum absolute atomic E-state index is 0.0397. The van der Waals surface area contributed by atoms with Crippen molar-refractivity contribution in [1.29, 1.82) is 0 Å². The standard InChI is InChI=1S/C30H46O4.C3H6/c1-26(2)19(8-11-24(31)32)12-15-27(3)22(26)13-16-29(5)23(27)10-9-20-21-7-6-14-30(21,25(33)34)18-17-28(20,29)4;1-3-2/h12,20-23H,6-11,13-18H2,1-5H3,(H,31,32)(H,33,34);3H,1H2,2H3/t20?,21-,22?,23?,27?,28-,29?,30?;/m1./s1. The molecule has 6 unspecified atom stereocenters. The van der Waals surface area contributed by atoms with Crippen LogP contribution in [0.1, 0.15) is 119 Å². The van der Waals surface area contributed by atoms with E-state index in [9.17, 15) is 19.8 Å². The molecular formula is C33H52O4. The fraction of sp³-hybridized carbons (Fsp3) is 0.818. The molecule has 4 saturated carbocycles. The van der Waals surface area contributed by atoms with Crippen molar-refractivity contribution in [2.75, 3.05) is 0 Å². The summed E-state index contributed by atoms with van der Waals surface area (Å²) >= 11 is 0. The third kappa shape index (κ3) is 3.97. The van der Waals surface area contributed by atoms with E-state index in [1.807, 2.05) is 6.92 Å². The Morgan fingerprint density at radius 3 is 2.22 bits per heavy atom. The molecule has 0 saturated heterocycles. The van der Waals surface area contributed by atoms with Crippen LogP contribution in [0.4, 0.5) is 0 Å². The fourth-order valence-corrected chi connectivity index (χ4v) is 11.3. The molecule has 0 heterocycles. The van der Waals surface area contributed by atoms with Crippen molar-refractivity contribution in [3.8, 4) is 0 Å². The van der Waals surface area contributed by atoms with Crippen LogP contribution >= 0.6 is 0 Å². The number of hydrogen-bond acceptors (Lipinski definition) is 2. The molecule has 5 aliphatic rings. The predicted molar refractivity (Wildman–Crippen MR) is 149 cm³/mol. The Labute approximate surface area is 225 Å². The van der Waals surface area contributed by atoms with E-state index < -0.39 is 17.4 Å². The van der Waals surface area contributed by atoms with Crippen molar-refractivity contribution in [1.82, 2.24) is 0 Å². The lowest BCUT2D eigenvalue weighted by molar-refractivity contribution is -0.226. The number of aliphatic carboxylic acids is 2. The number of rotatable bonds is 4. The lowest BCUT2D eigenvalue weighted by atomic mass is 9.33. The molecule has 4 nitrogen and oxygen atoms in total. The maximum absolute atomic E-state index is 12.5. The fourth-order valence-electron chi connectivity index (χ4n) is 11.3. The van der Waals surface area contributed by atoms with Gasteiger partial charge in [0.05, 0.1) is 5.41 Å². The highest BCUT2D eigenvalue weighted by atomic mass is 16.4. The third-order valence-corrected chi connectivity index (χ3v) is 13.1. The molecule has 8 atom stereocenters. The summed E-state index contributed by atoms with van der Waals surface area (Å²) in [6, 6.07) is 0. The molecular weight excluding hydrogens is 460 g/mol. The number of carboxylic acids is 2. The summed E-state index contributed by atoms with van der Waals surface area (Å²) in [4.78, 5) is 23.8. The van der Waals surface area contributed by atoms with Gasteiger partial charge in [-0.25, -0.2) is 0 Å². The third-order valence-electron chi connectivity index (χ3n) is 13.1. The molecule has 5 aliphatic carbocycles. The molecule has 0 spiro atoms. The lowest BCUT2D eigenvalue weighted by Gasteiger charge is -2.72. The lowest BCUT2D eigenvalue weighted by Crippen LogP contribution is -2.65. The molecule has 4 fully saturated rings. The van der Waals surface area contributed by atoms with E-state index >= 15 is 0 Å². The number of allylic oxidation sites excluding steroid dienone is 3. The summed E-state index contributed by atoms with van der Waals surface area (Å²) in [5, 5.41) is 19.6. The van der Waals surface area contributed by atoms with Gasteiger partial charge in [-0.05, 0) is 116 Å². The molecule has 0 aromatic heterocycles. The highest BCUT2D eigenvalue weighted by Crippen LogP contribution is 2.76. The van der Waals surface area contributed by atoms with Crippen LogP contribution in [-0.2, 0) is 9.59 Å². The summed E-state index contributed by atoms with van der Waals surface area (Å²) in [6.45, 7) is 17.7. The maximum atomic E-state index is 12.5. The van der Waals surface area contributed by atoms with Crippen molar-refractivity contribution < 1.29 is 19.8 Å². The monoisotopic (exact) mass is 512 g/mol. The topological polar surface area (TPSA) is 74.6 Å². The van der Waals surface area contributed by atoms with Crippen molar-refractivity contribution in [2.24, 2.45) is 50.7 Å². The van der Waals surface area contributed by atoms with Crippen LogP contribution in [0.15, 0.2) is 24.3 Å². The van der Waals surface area contributed by atoms with Crippen LogP contribution in [0.25, 0.3) is 0 Å². The Morgan fingerprint density at radius 2 is 1.59 bits per heavy atom. The Hall–Kier alpha value is -1.58. The molecule has 0 aromatic rings. The average Bonchev–Trinajstić information content (AvgIpc) is 3.25. The van der Waals surface area contributed by atoms with Gasteiger partial charge in [0.25, 0.3) is 0 Å². The first-order chi connectivity index (χ1) is 17.2. The van der Waals surface area contributed by atoms with Gasteiger partial charge in [0.15, 0.2) is 0 Å². The van der Waals surface area contributed by atoms with Crippen molar-refractivity contribution in [3.05, 3.63) is 24.3 Å². The van der Waals surface area contributed by atoms with Crippen LogP contribution in [0.3, 0.4) is 0 Å². The SMILES string of the molecule is C=CC.CC1(C)C(CCC(=O)O)=CCC2(C)C1CCC1(C)C2CCC2[C@H]3CCCC3(C(=O)O)CC[C@]21C. The number of carboxylic acid groups (broad SMARTS) is 2. The Morgan fingerprint density at radius 1 is 0.919 bits per heavy atom. The maximum Gasteiger partial charge on any atom is 0.309 e. The zero-order valence-electron chi connectivity index (χ0n) is 24.4. The second kappa shape index (κ2) is 9.56. The van der Waals surface area contributed by atoms with Crippen molar-refractivity contribution in [3.63, 3.8) is 0 Å². The van der Waals surface area contributed by atoms with E-state index in [-0.39, 0.29) is 28.1 Å². The molecule has 0 bridgehead atoms. The first-order valence-corrected chi connectivity index (χ1v) is 15.0. The minimum Gasteiger partial charge on any atom is -0.481 e. The molecule has 0 aromatic carbocycles. The van der Waals surface area contributed by atoms with Gasteiger partial charge in [-0.2, -0.15) is 0 Å².